The van der Waals surface area contributed by atoms with Gasteiger partial charge in [0.1, 0.15) is 0 Å². The highest BCUT2D eigenvalue weighted by molar-refractivity contribution is 7.89. The lowest BCUT2D eigenvalue weighted by atomic mass is 10.2. The van der Waals surface area contributed by atoms with Gasteiger partial charge in [-0.05, 0) is 30.5 Å². The molecule has 0 atom stereocenters. The first-order valence-corrected chi connectivity index (χ1v) is 12.2. The van der Waals surface area contributed by atoms with Gasteiger partial charge >= 0.3 is 0 Å². The molecule has 0 N–H and O–H groups in total. The van der Waals surface area contributed by atoms with Crippen molar-refractivity contribution in [3.63, 3.8) is 0 Å². The molecule has 2 fully saturated rings. The van der Waals surface area contributed by atoms with Crippen LogP contribution in [0.1, 0.15) is 30.7 Å². The fourth-order valence-electron chi connectivity index (χ4n) is 4.13. The largest absolute Gasteiger partial charge is 0.340 e. The molecule has 0 bridgehead atoms. The van der Waals surface area contributed by atoms with Gasteiger partial charge < -0.3 is 9.80 Å². The van der Waals surface area contributed by atoms with Gasteiger partial charge in [-0.3, -0.25) is 9.36 Å². The van der Waals surface area contributed by atoms with E-state index in [4.69, 9.17) is 0 Å². The predicted octanol–water partition coefficient (Wildman–Crippen LogP) is 1.35. The number of hydrogen-bond donors (Lipinski definition) is 0. The van der Waals surface area contributed by atoms with Crippen LogP contribution < -0.4 is 4.90 Å². The zero-order chi connectivity index (χ0) is 22.9. The number of benzene rings is 1. The average molecular weight is 469 g/mol. The Morgan fingerprint density at radius 1 is 1.09 bits per heavy atom. The Balaban J connectivity index is 1.57. The van der Waals surface area contributed by atoms with E-state index >= 15 is 0 Å². The summed E-state index contributed by atoms with van der Waals surface area (Å²) in [5.74, 6) is -0.614. The van der Waals surface area contributed by atoms with Gasteiger partial charge in [0.2, 0.25) is 21.9 Å². The molecule has 2 aliphatic heterocycles. The Labute approximate surface area is 185 Å². The highest BCUT2D eigenvalue weighted by atomic mass is 32.2. The Morgan fingerprint density at radius 2 is 1.91 bits per heavy atom. The van der Waals surface area contributed by atoms with Gasteiger partial charge in [0, 0.05) is 46.2 Å². The molecule has 0 aliphatic carbocycles. The smallest absolute Gasteiger partial charge is 0.227 e. The first-order valence-electron chi connectivity index (χ1n) is 10.6. The zero-order valence-electron chi connectivity index (χ0n) is 17.9. The molecule has 4 rings (SSSR count). The molecule has 0 spiro atoms. The van der Waals surface area contributed by atoms with Gasteiger partial charge in [-0.2, -0.15) is 0 Å². The Bertz CT molecular complexity index is 1110. The number of sulfonamides is 1. The Kier molecular flexibility index (Phi) is 6.42. The van der Waals surface area contributed by atoms with E-state index < -0.39 is 21.7 Å². The molecular weight excluding hydrogens is 442 g/mol. The van der Waals surface area contributed by atoms with E-state index in [-0.39, 0.29) is 31.3 Å². The molecule has 0 saturated carbocycles. The van der Waals surface area contributed by atoms with Crippen molar-refractivity contribution in [2.45, 2.75) is 38.9 Å². The first-order chi connectivity index (χ1) is 15.2. The molecule has 1 aromatic heterocycles. The van der Waals surface area contributed by atoms with Crippen LogP contribution in [0.2, 0.25) is 0 Å². The summed E-state index contributed by atoms with van der Waals surface area (Å²) in [6, 6.07) is 3.70. The number of rotatable bonds is 8. The van der Waals surface area contributed by atoms with Gasteiger partial charge in [0.05, 0.1) is 12.3 Å². The summed E-state index contributed by atoms with van der Waals surface area (Å²) in [6.07, 6.45) is 1.90. The van der Waals surface area contributed by atoms with Crippen molar-refractivity contribution < 1.29 is 22.0 Å². The third kappa shape index (κ3) is 4.75. The van der Waals surface area contributed by atoms with E-state index in [1.165, 1.54) is 10.4 Å². The summed E-state index contributed by atoms with van der Waals surface area (Å²) in [7, 11) is -1.50. The van der Waals surface area contributed by atoms with Crippen LogP contribution in [-0.4, -0.2) is 70.7 Å². The van der Waals surface area contributed by atoms with Crippen molar-refractivity contribution in [2.75, 3.05) is 37.3 Å². The van der Waals surface area contributed by atoms with Crippen LogP contribution in [0, 0.1) is 11.6 Å². The van der Waals surface area contributed by atoms with Crippen molar-refractivity contribution in [1.82, 2.24) is 24.0 Å². The van der Waals surface area contributed by atoms with Crippen molar-refractivity contribution in [3.05, 3.63) is 41.2 Å². The zero-order valence-corrected chi connectivity index (χ0v) is 18.7. The van der Waals surface area contributed by atoms with E-state index in [9.17, 15) is 22.0 Å². The number of aromatic nitrogens is 3. The van der Waals surface area contributed by atoms with Crippen LogP contribution in [-0.2, 0) is 34.5 Å². The molecule has 12 heteroatoms. The number of anilines is 1. The van der Waals surface area contributed by atoms with E-state index in [1.54, 1.807) is 21.4 Å². The Morgan fingerprint density at radius 3 is 2.56 bits per heavy atom. The van der Waals surface area contributed by atoms with Crippen LogP contribution in [0.25, 0.3) is 0 Å². The number of carbonyl (C=O) groups excluding carboxylic acids is 1. The average Bonchev–Trinajstić information content (AvgIpc) is 3.42. The normalized spacial score (nSPS) is 18.6. The minimum absolute atomic E-state index is 0.0540. The van der Waals surface area contributed by atoms with Crippen LogP contribution in [0.15, 0.2) is 18.2 Å². The molecule has 2 aromatic rings. The number of amides is 1. The van der Waals surface area contributed by atoms with Gasteiger partial charge in [-0.15, -0.1) is 10.2 Å². The van der Waals surface area contributed by atoms with Crippen LogP contribution in [0.5, 0.6) is 0 Å². The van der Waals surface area contributed by atoms with Crippen LogP contribution in [0.4, 0.5) is 14.7 Å². The number of likely N-dealkylation sites (tertiary alicyclic amines) is 1. The van der Waals surface area contributed by atoms with Gasteiger partial charge in [-0.25, -0.2) is 21.5 Å². The Hall–Kier alpha value is -2.60. The summed E-state index contributed by atoms with van der Waals surface area (Å²) in [5.41, 5.74) is 0.555. The molecule has 0 radical (unpaired) electrons. The number of carbonyl (C=O) groups is 1. The fourth-order valence-corrected chi connectivity index (χ4v) is 5.65. The lowest BCUT2D eigenvalue weighted by Crippen LogP contribution is -2.32. The van der Waals surface area contributed by atoms with Crippen molar-refractivity contribution in [3.8, 4) is 0 Å². The van der Waals surface area contributed by atoms with Crippen LogP contribution in [0.3, 0.4) is 0 Å². The maximum absolute atomic E-state index is 13.6. The highest BCUT2D eigenvalue weighted by Crippen LogP contribution is 2.21. The number of nitrogens with zero attached hydrogens (tertiary/aromatic N) is 6. The third-order valence-electron chi connectivity index (χ3n) is 5.83. The molecule has 2 aliphatic rings. The second kappa shape index (κ2) is 9.10. The van der Waals surface area contributed by atoms with Crippen molar-refractivity contribution in [2.24, 2.45) is 0 Å². The lowest BCUT2D eigenvalue weighted by Gasteiger charge is -2.23. The standard InChI is InChI=1S/C20H26F2N6O3S/c1-25(13-15-5-6-16(21)17(22)12-15)20-24-23-18(14-26-7-2-4-19(26)29)28(20)10-9-27-8-3-11-32(27,30)31/h5-6,12H,2-4,7-11,13-14H2,1H3. The van der Waals surface area contributed by atoms with Crippen molar-refractivity contribution in [1.29, 1.82) is 0 Å². The molecule has 32 heavy (non-hydrogen) atoms. The second-order valence-electron chi connectivity index (χ2n) is 8.16. The SMILES string of the molecule is CN(Cc1ccc(F)c(F)c1)c1nnc(CN2CCCC2=O)n1CCN1CCCS1(=O)=O. The second-order valence-corrected chi connectivity index (χ2v) is 10.2. The van der Waals surface area contributed by atoms with E-state index in [2.05, 4.69) is 10.2 Å². The topological polar surface area (TPSA) is 91.6 Å². The third-order valence-corrected chi connectivity index (χ3v) is 7.79. The minimum Gasteiger partial charge on any atom is -0.340 e. The van der Waals surface area contributed by atoms with Gasteiger partial charge in [-0.1, -0.05) is 6.07 Å². The summed E-state index contributed by atoms with van der Waals surface area (Å²) in [6.45, 7) is 2.25. The lowest BCUT2D eigenvalue weighted by molar-refractivity contribution is -0.128. The van der Waals surface area contributed by atoms with Crippen molar-refractivity contribution >= 4 is 21.9 Å². The summed E-state index contributed by atoms with van der Waals surface area (Å²) >= 11 is 0. The van der Waals surface area contributed by atoms with Crippen LogP contribution >= 0.6 is 0 Å². The summed E-state index contributed by atoms with van der Waals surface area (Å²) < 4.78 is 54.5. The highest BCUT2D eigenvalue weighted by Gasteiger charge is 2.29. The quantitative estimate of drug-likeness (QED) is 0.581. The first kappa shape index (κ1) is 22.6. The van der Waals surface area contributed by atoms with E-state index in [0.29, 0.717) is 49.8 Å². The van der Waals surface area contributed by atoms with Gasteiger partial charge in [0.15, 0.2) is 17.5 Å². The number of hydrogen-bond acceptors (Lipinski definition) is 6. The molecule has 174 valence electrons. The fraction of sp³-hybridized carbons (Fsp3) is 0.550. The van der Waals surface area contributed by atoms with E-state index in [1.807, 2.05) is 0 Å². The molecular formula is C20H26F2N6O3S. The molecule has 3 heterocycles. The monoisotopic (exact) mass is 468 g/mol. The molecule has 9 nitrogen and oxygen atoms in total. The summed E-state index contributed by atoms with van der Waals surface area (Å²) in [4.78, 5) is 15.5. The van der Waals surface area contributed by atoms with E-state index in [0.717, 1.165) is 18.6 Å². The minimum atomic E-state index is -3.25. The molecule has 0 unspecified atom stereocenters. The molecule has 1 amide bonds. The molecule has 2 saturated heterocycles. The number of halogens is 2. The summed E-state index contributed by atoms with van der Waals surface area (Å²) in [5, 5.41) is 8.53. The predicted molar refractivity (Wildman–Crippen MR) is 113 cm³/mol. The maximum atomic E-state index is 13.6. The maximum Gasteiger partial charge on any atom is 0.227 e. The molecule has 1 aromatic carbocycles. The van der Waals surface area contributed by atoms with Gasteiger partial charge in [0.25, 0.3) is 0 Å².